The zero-order valence-electron chi connectivity index (χ0n) is 7.77. The van der Waals surface area contributed by atoms with Crippen molar-refractivity contribution in [1.29, 1.82) is 0 Å². The molecule has 0 spiro atoms. The normalized spacial score (nSPS) is 9.29. The van der Waals surface area contributed by atoms with Crippen molar-refractivity contribution in [2.24, 2.45) is 5.11 Å². The summed E-state index contributed by atoms with van der Waals surface area (Å²) in [5.74, 6) is 0.813. The van der Waals surface area contributed by atoms with Crippen LogP contribution in [-0.4, -0.2) is 13.2 Å². The molecule has 0 aliphatic heterocycles. The summed E-state index contributed by atoms with van der Waals surface area (Å²) in [6.45, 7) is 2.72. The van der Waals surface area contributed by atoms with Gasteiger partial charge in [-0.15, -0.1) is 0 Å². The van der Waals surface area contributed by atoms with E-state index in [4.69, 9.17) is 10.3 Å². The van der Waals surface area contributed by atoms with Crippen LogP contribution >= 0.6 is 15.9 Å². The topological polar surface area (TPSA) is 58.0 Å². The van der Waals surface area contributed by atoms with Crippen LogP contribution in [0, 0.1) is 6.92 Å². The average Bonchev–Trinajstić information content (AvgIpc) is 2.19. The average molecular weight is 256 g/mol. The number of rotatable bonds is 4. The molecule has 1 rings (SSSR count). The molecule has 1 aromatic rings. The molecule has 0 aromatic heterocycles. The highest BCUT2D eigenvalue weighted by atomic mass is 79.9. The van der Waals surface area contributed by atoms with E-state index in [0.29, 0.717) is 13.2 Å². The first-order valence-corrected chi connectivity index (χ1v) is 4.94. The summed E-state index contributed by atoms with van der Waals surface area (Å²) in [5.41, 5.74) is 9.11. The Labute approximate surface area is 90.6 Å². The third-order valence-corrected chi connectivity index (χ3v) is 2.59. The number of halogens is 1. The number of ether oxygens (including phenoxy) is 1. The second kappa shape index (κ2) is 5.52. The molecule has 14 heavy (non-hydrogen) atoms. The first-order valence-electron chi connectivity index (χ1n) is 4.14. The Morgan fingerprint density at radius 3 is 3.07 bits per heavy atom. The van der Waals surface area contributed by atoms with E-state index in [9.17, 15) is 0 Å². The quantitative estimate of drug-likeness (QED) is 0.352. The molecule has 0 amide bonds. The number of hydrogen-bond acceptors (Lipinski definition) is 2. The molecule has 5 heteroatoms. The molecule has 0 radical (unpaired) electrons. The van der Waals surface area contributed by atoms with Crippen molar-refractivity contribution in [2.75, 3.05) is 13.2 Å². The largest absolute Gasteiger partial charge is 0.493 e. The predicted molar refractivity (Wildman–Crippen MR) is 58.4 cm³/mol. The van der Waals surface area contributed by atoms with Gasteiger partial charge >= 0.3 is 0 Å². The molecule has 74 valence electrons. The summed E-state index contributed by atoms with van der Waals surface area (Å²) in [6, 6.07) is 5.74. The lowest BCUT2D eigenvalue weighted by Gasteiger charge is -2.08. The zero-order valence-corrected chi connectivity index (χ0v) is 9.36. The van der Waals surface area contributed by atoms with Gasteiger partial charge in [0.1, 0.15) is 5.75 Å². The van der Waals surface area contributed by atoms with Crippen molar-refractivity contribution in [3.8, 4) is 5.75 Å². The smallest absolute Gasteiger partial charge is 0.123 e. The lowest BCUT2D eigenvalue weighted by atomic mass is 10.2. The van der Waals surface area contributed by atoms with Crippen LogP contribution in [0.2, 0.25) is 0 Å². The lowest BCUT2D eigenvalue weighted by Crippen LogP contribution is -2.01. The first kappa shape index (κ1) is 10.9. The molecule has 0 fully saturated rings. The van der Waals surface area contributed by atoms with E-state index >= 15 is 0 Å². The van der Waals surface area contributed by atoms with E-state index in [2.05, 4.69) is 26.0 Å². The Bertz CT molecular complexity index is 361. The molecule has 0 N–H and O–H groups in total. The lowest BCUT2D eigenvalue weighted by molar-refractivity contribution is 0.326. The molecule has 0 unspecified atom stereocenters. The molecule has 0 saturated heterocycles. The van der Waals surface area contributed by atoms with Gasteiger partial charge < -0.3 is 4.74 Å². The highest BCUT2D eigenvalue weighted by Crippen LogP contribution is 2.25. The van der Waals surface area contributed by atoms with E-state index in [1.807, 2.05) is 25.1 Å². The molecule has 0 saturated carbocycles. The predicted octanol–water partition coefficient (Wildman–Crippen LogP) is 3.45. The Balaban J connectivity index is 2.58. The molecule has 0 aliphatic rings. The molecule has 0 aliphatic carbocycles. The summed E-state index contributed by atoms with van der Waals surface area (Å²) in [7, 11) is 0. The SMILES string of the molecule is Cc1c(Br)cccc1OCCN=[N+]=[N-]. The van der Waals surface area contributed by atoms with Gasteiger partial charge in [-0.05, 0) is 24.6 Å². The molecule has 4 nitrogen and oxygen atoms in total. The molecule has 0 bridgehead atoms. The summed E-state index contributed by atoms with van der Waals surface area (Å²) in [5, 5.41) is 3.38. The van der Waals surface area contributed by atoms with Crippen LogP contribution in [-0.2, 0) is 0 Å². The molecular weight excluding hydrogens is 246 g/mol. The summed E-state index contributed by atoms with van der Waals surface area (Å²) < 4.78 is 6.44. The van der Waals surface area contributed by atoms with E-state index < -0.39 is 0 Å². The third kappa shape index (κ3) is 2.94. The van der Waals surface area contributed by atoms with Gasteiger partial charge in [-0.1, -0.05) is 27.1 Å². The van der Waals surface area contributed by atoms with Crippen LogP contribution in [0.1, 0.15) is 5.56 Å². The Morgan fingerprint density at radius 2 is 2.36 bits per heavy atom. The fourth-order valence-corrected chi connectivity index (χ4v) is 1.33. The van der Waals surface area contributed by atoms with Crippen molar-refractivity contribution in [2.45, 2.75) is 6.92 Å². The Morgan fingerprint density at radius 1 is 1.57 bits per heavy atom. The van der Waals surface area contributed by atoms with Gasteiger partial charge in [-0.2, -0.15) is 0 Å². The van der Waals surface area contributed by atoms with Gasteiger partial charge in [-0.25, -0.2) is 0 Å². The maximum Gasteiger partial charge on any atom is 0.123 e. The molecular formula is C9H10BrN3O. The third-order valence-electron chi connectivity index (χ3n) is 1.73. The number of nitrogens with zero attached hydrogens (tertiary/aromatic N) is 3. The van der Waals surface area contributed by atoms with Crippen molar-refractivity contribution in [1.82, 2.24) is 0 Å². The second-order valence-corrected chi connectivity index (χ2v) is 3.52. The van der Waals surface area contributed by atoms with Gasteiger partial charge in [0.05, 0.1) is 13.2 Å². The Hall–Kier alpha value is -1.19. The number of hydrogen-bond donors (Lipinski definition) is 0. The summed E-state index contributed by atoms with van der Waals surface area (Å²) in [6.07, 6.45) is 0. The minimum Gasteiger partial charge on any atom is -0.493 e. The Kier molecular flexibility index (Phi) is 4.29. The minimum atomic E-state index is 0.350. The van der Waals surface area contributed by atoms with Crippen molar-refractivity contribution in [3.05, 3.63) is 38.7 Å². The maximum absolute atomic E-state index is 8.06. The fraction of sp³-hybridized carbons (Fsp3) is 0.333. The zero-order chi connectivity index (χ0) is 10.4. The van der Waals surface area contributed by atoms with Crippen LogP contribution in [0.3, 0.4) is 0 Å². The van der Waals surface area contributed by atoms with Gasteiger partial charge in [0.25, 0.3) is 0 Å². The minimum absolute atomic E-state index is 0.350. The fourth-order valence-electron chi connectivity index (χ4n) is 0.985. The maximum atomic E-state index is 8.06. The molecule has 1 aromatic carbocycles. The van der Waals surface area contributed by atoms with Crippen molar-refractivity contribution < 1.29 is 4.74 Å². The van der Waals surface area contributed by atoms with Crippen LogP contribution in [0.15, 0.2) is 27.8 Å². The first-order chi connectivity index (χ1) is 6.75. The summed E-state index contributed by atoms with van der Waals surface area (Å²) in [4.78, 5) is 2.64. The van der Waals surface area contributed by atoms with Gasteiger partial charge in [0.15, 0.2) is 0 Å². The number of azide groups is 1. The van der Waals surface area contributed by atoms with E-state index in [1.54, 1.807) is 0 Å². The standard InChI is InChI=1S/C9H10BrN3O/c1-7-8(10)3-2-4-9(7)14-6-5-12-13-11/h2-4H,5-6H2,1H3. The van der Waals surface area contributed by atoms with Crippen molar-refractivity contribution >= 4 is 15.9 Å². The van der Waals surface area contributed by atoms with Gasteiger partial charge in [-0.3, -0.25) is 0 Å². The molecule has 0 atom stereocenters. The van der Waals surface area contributed by atoms with Crippen LogP contribution in [0.25, 0.3) is 10.4 Å². The summed E-state index contributed by atoms with van der Waals surface area (Å²) >= 11 is 3.41. The van der Waals surface area contributed by atoms with E-state index in [1.165, 1.54) is 0 Å². The number of benzene rings is 1. The van der Waals surface area contributed by atoms with Gasteiger partial charge in [0, 0.05) is 14.9 Å². The van der Waals surface area contributed by atoms with Crippen LogP contribution < -0.4 is 4.74 Å². The molecule has 0 heterocycles. The van der Waals surface area contributed by atoms with Crippen LogP contribution in [0.4, 0.5) is 0 Å². The van der Waals surface area contributed by atoms with Gasteiger partial charge in [0.2, 0.25) is 0 Å². The van der Waals surface area contributed by atoms with E-state index in [-0.39, 0.29) is 0 Å². The highest BCUT2D eigenvalue weighted by molar-refractivity contribution is 9.10. The van der Waals surface area contributed by atoms with E-state index in [0.717, 1.165) is 15.8 Å². The highest BCUT2D eigenvalue weighted by Gasteiger charge is 2.01. The van der Waals surface area contributed by atoms with Crippen LogP contribution in [0.5, 0.6) is 5.75 Å². The second-order valence-electron chi connectivity index (χ2n) is 2.67. The van der Waals surface area contributed by atoms with Crippen molar-refractivity contribution in [3.63, 3.8) is 0 Å². The monoisotopic (exact) mass is 255 g/mol.